The van der Waals surface area contributed by atoms with Crippen molar-refractivity contribution in [2.75, 3.05) is 13.1 Å². The number of benzene rings is 1. The van der Waals surface area contributed by atoms with Crippen LogP contribution < -0.4 is 11.3 Å². The molecule has 0 spiro atoms. The highest BCUT2D eigenvalue weighted by atomic mass is 35.5. The Balaban J connectivity index is 0.00000225. The SMILES string of the molecule is CC(N)C1CCN(C(=O)CCn2cnc3ccccc3c2=O)CC1.Cl. The maximum absolute atomic E-state index is 12.4. The fraction of sp³-hybridized carbons (Fsp3) is 0.500. The number of carbonyl (C=O) groups excluding carboxylic acids is 1. The van der Waals surface area contributed by atoms with E-state index in [1.807, 2.05) is 30.0 Å². The lowest BCUT2D eigenvalue weighted by atomic mass is 9.91. The van der Waals surface area contributed by atoms with Crippen molar-refractivity contribution >= 4 is 29.2 Å². The molecular formula is C18H25ClN4O2. The van der Waals surface area contributed by atoms with Crippen LogP contribution in [0.25, 0.3) is 10.9 Å². The van der Waals surface area contributed by atoms with Crippen molar-refractivity contribution in [3.63, 3.8) is 0 Å². The predicted octanol–water partition coefficient (Wildman–Crippen LogP) is 1.79. The van der Waals surface area contributed by atoms with Gasteiger partial charge in [0.05, 0.1) is 17.2 Å². The lowest BCUT2D eigenvalue weighted by molar-refractivity contribution is -0.132. The van der Waals surface area contributed by atoms with Gasteiger partial charge in [-0.3, -0.25) is 14.2 Å². The molecule has 0 radical (unpaired) electrons. The minimum atomic E-state index is -0.0935. The first-order valence-corrected chi connectivity index (χ1v) is 8.54. The third-order valence-corrected chi connectivity index (χ3v) is 4.93. The van der Waals surface area contributed by atoms with Gasteiger partial charge in [0.25, 0.3) is 5.56 Å². The standard InChI is InChI=1S/C18H24N4O2.ClH/c1-13(19)14-6-9-21(10-7-14)17(23)8-11-22-12-20-16-5-3-2-4-15(16)18(22)24;/h2-5,12-14H,6-11,19H2,1H3;1H. The molecule has 2 N–H and O–H groups in total. The topological polar surface area (TPSA) is 81.2 Å². The highest BCUT2D eigenvalue weighted by Gasteiger charge is 2.24. The van der Waals surface area contributed by atoms with E-state index in [0.717, 1.165) is 25.9 Å². The van der Waals surface area contributed by atoms with Gasteiger partial charge in [0, 0.05) is 32.1 Å². The van der Waals surface area contributed by atoms with Crippen molar-refractivity contribution in [1.29, 1.82) is 0 Å². The van der Waals surface area contributed by atoms with Gasteiger partial charge in [-0.15, -0.1) is 12.4 Å². The molecule has 1 aliphatic heterocycles. The Morgan fingerprint density at radius 3 is 2.68 bits per heavy atom. The number of hydrogen-bond acceptors (Lipinski definition) is 4. The Kier molecular flexibility index (Phi) is 6.56. The molecular weight excluding hydrogens is 340 g/mol. The maximum Gasteiger partial charge on any atom is 0.261 e. The molecule has 136 valence electrons. The number of rotatable bonds is 4. The predicted molar refractivity (Wildman–Crippen MR) is 101 cm³/mol. The second-order valence-corrected chi connectivity index (χ2v) is 6.59. The van der Waals surface area contributed by atoms with Crippen LogP contribution in [-0.2, 0) is 11.3 Å². The number of likely N-dealkylation sites (tertiary alicyclic amines) is 1. The molecule has 7 heteroatoms. The zero-order chi connectivity index (χ0) is 17.1. The van der Waals surface area contributed by atoms with Crippen LogP contribution in [-0.4, -0.2) is 39.5 Å². The zero-order valence-electron chi connectivity index (χ0n) is 14.4. The normalized spacial score (nSPS) is 16.5. The van der Waals surface area contributed by atoms with Crippen LogP contribution in [0.5, 0.6) is 0 Å². The van der Waals surface area contributed by atoms with E-state index in [1.165, 1.54) is 10.9 Å². The molecule has 2 aromatic rings. The van der Waals surface area contributed by atoms with E-state index in [-0.39, 0.29) is 29.9 Å². The number of amides is 1. The van der Waals surface area contributed by atoms with Crippen LogP contribution in [0.4, 0.5) is 0 Å². The van der Waals surface area contributed by atoms with Crippen molar-refractivity contribution in [2.24, 2.45) is 11.7 Å². The smallest absolute Gasteiger partial charge is 0.261 e. The third-order valence-electron chi connectivity index (χ3n) is 4.93. The summed E-state index contributed by atoms with van der Waals surface area (Å²) in [5.74, 6) is 0.597. The first-order valence-electron chi connectivity index (χ1n) is 8.54. The molecule has 0 saturated carbocycles. The van der Waals surface area contributed by atoms with E-state index in [0.29, 0.717) is 29.8 Å². The summed E-state index contributed by atoms with van der Waals surface area (Å²) in [6.45, 7) is 3.91. The Labute approximate surface area is 153 Å². The van der Waals surface area contributed by atoms with Gasteiger partial charge in [0.1, 0.15) is 0 Å². The van der Waals surface area contributed by atoms with Crippen molar-refractivity contribution in [2.45, 2.75) is 38.8 Å². The van der Waals surface area contributed by atoms with E-state index in [2.05, 4.69) is 4.98 Å². The first kappa shape index (κ1) is 19.4. The Hall–Kier alpha value is -1.92. The molecule has 1 atom stereocenters. The Morgan fingerprint density at radius 1 is 1.32 bits per heavy atom. The van der Waals surface area contributed by atoms with Crippen molar-refractivity contribution in [3.8, 4) is 0 Å². The van der Waals surface area contributed by atoms with Crippen LogP contribution in [0, 0.1) is 5.92 Å². The molecule has 1 aromatic heterocycles. The number of aromatic nitrogens is 2. The van der Waals surface area contributed by atoms with Gasteiger partial charge in [-0.2, -0.15) is 0 Å². The van der Waals surface area contributed by atoms with Crippen LogP contribution in [0.15, 0.2) is 35.4 Å². The van der Waals surface area contributed by atoms with Crippen LogP contribution >= 0.6 is 12.4 Å². The molecule has 25 heavy (non-hydrogen) atoms. The Morgan fingerprint density at radius 2 is 2.00 bits per heavy atom. The number of aryl methyl sites for hydroxylation is 1. The minimum absolute atomic E-state index is 0. The number of piperidine rings is 1. The van der Waals surface area contributed by atoms with Crippen LogP contribution in [0.2, 0.25) is 0 Å². The van der Waals surface area contributed by atoms with E-state index in [4.69, 9.17) is 5.73 Å². The largest absolute Gasteiger partial charge is 0.343 e. The second-order valence-electron chi connectivity index (χ2n) is 6.59. The number of halogens is 1. The van der Waals surface area contributed by atoms with Gasteiger partial charge in [-0.25, -0.2) is 4.98 Å². The molecule has 0 bridgehead atoms. The number of nitrogens with zero attached hydrogens (tertiary/aromatic N) is 3. The summed E-state index contributed by atoms with van der Waals surface area (Å²) in [5.41, 5.74) is 6.53. The van der Waals surface area contributed by atoms with Crippen molar-refractivity contribution in [3.05, 3.63) is 40.9 Å². The first-order chi connectivity index (χ1) is 11.6. The fourth-order valence-electron chi connectivity index (χ4n) is 3.31. The number of fused-ring (bicyclic) bond motifs is 1. The van der Waals surface area contributed by atoms with E-state index >= 15 is 0 Å². The summed E-state index contributed by atoms with van der Waals surface area (Å²) in [5, 5.41) is 0.588. The molecule has 6 nitrogen and oxygen atoms in total. The van der Waals surface area contributed by atoms with Gasteiger partial charge in [0.15, 0.2) is 0 Å². The molecule has 0 aliphatic carbocycles. The summed E-state index contributed by atoms with van der Waals surface area (Å²) in [6.07, 6.45) is 3.77. The summed E-state index contributed by atoms with van der Waals surface area (Å²) in [4.78, 5) is 31.0. The van der Waals surface area contributed by atoms with Crippen LogP contribution in [0.1, 0.15) is 26.2 Å². The van der Waals surface area contributed by atoms with Gasteiger partial charge in [-0.05, 0) is 37.8 Å². The van der Waals surface area contributed by atoms with Crippen molar-refractivity contribution < 1.29 is 4.79 Å². The minimum Gasteiger partial charge on any atom is -0.343 e. The van der Waals surface area contributed by atoms with Gasteiger partial charge >= 0.3 is 0 Å². The zero-order valence-corrected chi connectivity index (χ0v) is 15.2. The van der Waals surface area contributed by atoms with E-state index < -0.39 is 0 Å². The number of para-hydroxylation sites is 1. The molecule has 1 fully saturated rings. The fourth-order valence-corrected chi connectivity index (χ4v) is 3.31. The molecule has 1 aliphatic rings. The quantitative estimate of drug-likeness (QED) is 0.896. The second kappa shape index (κ2) is 8.45. The van der Waals surface area contributed by atoms with Crippen LogP contribution in [0.3, 0.4) is 0 Å². The Bertz CT molecular complexity index is 782. The van der Waals surface area contributed by atoms with Gasteiger partial charge < -0.3 is 10.6 Å². The third kappa shape index (κ3) is 4.38. The average molecular weight is 365 g/mol. The van der Waals surface area contributed by atoms with Gasteiger partial charge in [-0.1, -0.05) is 12.1 Å². The maximum atomic E-state index is 12.4. The number of nitrogens with two attached hydrogens (primary N) is 1. The monoisotopic (exact) mass is 364 g/mol. The lowest BCUT2D eigenvalue weighted by Crippen LogP contribution is -2.42. The number of hydrogen-bond donors (Lipinski definition) is 1. The van der Waals surface area contributed by atoms with Crippen molar-refractivity contribution in [1.82, 2.24) is 14.5 Å². The van der Waals surface area contributed by atoms with E-state index in [1.54, 1.807) is 6.07 Å². The molecule has 1 unspecified atom stereocenters. The molecule has 3 rings (SSSR count). The molecule has 1 saturated heterocycles. The van der Waals surface area contributed by atoms with E-state index in [9.17, 15) is 9.59 Å². The average Bonchev–Trinajstić information content (AvgIpc) is 2.61. The summed E-state index contributed by atoms with van der Waals surface area (Å²) in [7, 11) is 0. The molecule has 2 heterocycles. The number of carbonyl (C=O) groups is 1. The molecule has 1 aromatic carbocycles. The van der Waals surface area contributed by atoms with Gasteiger partial charge in [0.2, 0.25) is 5.91 Å². The highest BCUT2D eigenvalue weighted by Crippen LogP contribution is 2.20. The molecule has 1 amide bonds. The summed E-state index contributed by atoms with van der Waals surface area (Å²) >= 11 is 0. The lowest BCUT2D eigenvalue weighted by Gasteiger charge is -2.33. The summed E-state index contributed by atoms with van der Waals surface area (Å²) < 4.78 is 1.52. The highest BCUT2D eigenvalue weighted by molar-refractivity contribution is 5.85. The summed E-state index contributed by atoms with van der Waals surface area (Å²) in [6, 6.07) is 7.44.